The zero-order valence-electron chi connectivity index (χ0n) is 7.83. The molecule has 0 atom stereocenters. The zero-order chi connectivity index (χ0) is 8.98. The second kappa shape index (κ2) is 3.81. The molecule has 0 fully saturated rings. The van der Waals surface area contributed by atoms with Gasteiger partial charge in [-0.3, -0.25) is 0 Å². The third kappa shape index (κ3) is 5.57. The summed E-state index contributed by atoms with van der Waals surface area (Å²) in [6.07, 6.45) is 2.03. The molecule has 3 nitrogen and oxygen atoms in total. The maximum absolute atomic E-state index is 9.70. The third-order valence-electron chi connectivity index (χ3n) is 1.48. The van der Waals surface area contributed by atoms with Gasteiger partial charge in [0.25, 0.3) is 0 Å². The minimum atomic E-state index is -3.17. The molecule has 0 aromatic heterocycles. The summed E-state index contributed by atoms with van der Waals surface area (Å²) in [5.74, 6) is 0. The number of rotatable bonds is 5. The maximum atomic E-state index is 9.70. The minimum absolute atomic E-state index is 0.575. The fraction of sp³-hybridized carbons (Fsp3) is 1.00. The van der Waals surface area contributed by atoms with Crippen molar-refractivity contribution in [2.24, 2.45) is 0 Å². The van der Waals surface area contributed by atoms with Crippen LogP contribution in [0.5, 0.6) is 0 Å². The van der Waals surface area contributed by atoms with Crippen LogP contribution in [0.3, 0.4) is 0 Å². The molecule has 0 spiro atoms. The van der Waals surface area contributed by atoms with Gasteiger partial charge in [0.15, 0.2) is 0 Å². The van der Waals surface area contributed by atoms with E-state index in [4.69, 9.17) is 9.05 Å². The van der Waals surface area contributed by atoms with Crippen molar-refractivity contribution >= 4 is 7.28 Å². The van der Waals surface area contributed by atoms with Crippen LogP contribution in [0.15, 0.2) is 0 Å². The first-order valence-corrected chi connectivity index (χ1v) is 6.78. The first kappa shape index (κ1) is 11.3. The van der Waals surface area contributed by atoms with Crippen LogP contribution in [0.1, 0.15) is 19.8 Å². The van der Waals surface area contributed by atoms with Gasteiger partial charge in [0.05, 0.1) is 0 Å². The van der Waals surface area contributed by atoms with E-state index in [1.807, 2.05) is 0 Å². The molecule has 4 heteroatoms. The summed E-state index contributed by atoms with van der Waals surface area (Å²) in [4.78, 5) is 9.70. The van der Waals surface area contributed by atoms with Crippen LogP contribution in [-0.4, -0.2) is 31.9 Å². The summed E-state index contributed by atoms with van der Waals surface area (Å²) in [5, 5.41) is 0. The summed E-state index contributed by atoms with van der Waals surface area (Å²) < 4.78 is 10.2. The molecule has 1 N–H and O–H groups in total. The van der Waals surface area contributed by atoms with Crippen LogP contribution in [0.4, 0.5) is 0 Å². The molecular formula is C7H19O3P. The van der Waals surface area contributed by atoms with E-state index in [1.54, 1.807) is 13.3 Å². The average molecular weight is 182 g/mol. The fourth-order valence-electron chi connectivity index (χ4n) is 0.522. The summed E-state index contributed by atoms with van der Waals surface area (Å²) in [5.41, 5.74) is 0. The number of hydrogen-bond donors (Lipinski definition) is 1. The van der Waals surface area contributed by atoms with Crippen molar-refractivity contribution in [3.05, 3.63) is 0 Å². The van der Waals surface area contributed by atoms with Crippen LogP contribution in [0.25, 0.3) is 0 Å². The van der Waals surface area contributed by atoms with Crippen LogP contribution in [0, 0.1) is 0 Å². The summed E-state index contributed by atoms with van der Waals surface area (Å²) in [7, 11) is -1.70. The van der Waals surface area contributed by atoms with Gasteiger partial charge in [0.2, 0.25) is 0 Å². The summed E-state index contributed by atoms with van der Waals surface area (Å²) in [6, 6.07) is 0. The number of unbranched alkanes of at least 4 members (excludes halogenated alkanes) is 1. The van der Waals surface area contributed by atoms with Gasteiger partial charge in [-0.2, -0.15) is 0 Å². The Labute approximate surface area is 68.9 Å². The molecule has 0 heterocycles. The van der Waals surface area contributed by atoms with Crippen LogP contribution >= 0.6 is 7.28 Å². The first-order chi connectivity index (χ1) is 4.89. The molecule has 0 aromatic rings. The molecule has 0 aromatic carbocycles. The van der Waals surface area contributed by atoms with E-state index >= 15 is 0 Å². The molecule has 0 aliphatic carbocycles. The summed E-state index contributed by atoms with van der Waals surface area (Å²) in [6.45, 7) is 5.90. The average Bonchev–Trinajstić information content (AvgIpc) is 1.88. The van der Waals surface area contributed by atoms with Gasteiger partial charge in [-0.1, -0.05) is 0 Å². The predicted molar refractivity (Wildman–Crippen MR) is 48.9 cm³/mol. The molecule has 0 amide bonds. The number of hydrogen-bond acceptors (Lipinski definition) is 3. The molecule has 0 radical (unpaired) electrons. The molecule has 0 saturated heterocycles. The van der Waals surface area contributed by atoms with Crippen molar-refractivity contribution in [3.63, 3.8) is 0 Å². The van der Waals surface area contributed by atoms with E-state index in [2.05, 4.69) is 6.92 Å². The molecule has 0 saturated carbocycles. The summed E-state index contributed by atoms with van der Waals surface area (Å²) >= 11 is 0. The first-order valence-electron chi connectivity index (χ1n) is 3.86. The Morgan fingerprint density at radius 1 is 1.36 bits per heavy atom. The Hall–Kier alpha value is 0.310. The Bertz CT molecular complexity index is 117. The van der Waals surface area contributed by atoms with Crippen molar-refractivity contribution < 1.29 is 13.9 Å². The molecule has 0 unspecified atom stereocenters. The molecule has 0 aliphatic rings. The van der Waals surface area contributed by atoms with Gasteiger partial charge in [-0.05, 0) is 0 Å². The Kier molecular flexibility index (Phi) is 3.92. The van der Waals surface area contributed by atoms with Crippen LogP contribution in [0.2, 0.25) is 0 Å². The van der Waals surface area contributed by atoms with E-state index in [-0.39, 0.29) is 0 Å². The van der Waals surface area contributed by atoms with Gasteiger partial charge in [-0.25, -0.2) is 0 Å². The van der Waals surface area contributed by atoms with E-state index in [9.17, 15) is 4.89 Å². The van der Waals surface area contributed by atoms with Crippen molar-refractivity contribution in [3.8, 4) is 0 Å². The normalized spacial score (nSPS) is 15.9. The molecule has 0 aliphatic heterocycles. The Morgan fingerprint density at radius 3 is 2.27 bits per heavy atom. The van der Waals surface area contributed by atoms with Crippen molar-refractivity contribution in [2.75, 3.05) is 27.0 Å². The van der Waals surface area contributed by atoms with Crippen molar-refractivity contribution in [1.82, 2.24) is 0 Å². The Morgan fingerprint density at radius 2 is 1.91 bits per heavy atom. The monoisotopic (exact) mass is 182 g/mol. The topological polar surface area (TPSA) is 38.7 Å². The molecule has 0 rings (SSSR count). The van der Waals surface area contributed by atoms with Crippen LogP contribution < -0.4 is 0 Å². The molecule has 11 heavy (non-hydrogen) atoms. The van der Waals surface area contributed by atoms with Crippen LogP contribution in [-0.2, 0) is 9.05 Å². The van der Waals surface area contributed by atoms with E-state index < -0.39 is 7.28 Å². The zero-order valence-corrected chi connectivity index (χ0v) is 8.73. The van der Waals surface area contributed by atoms with E-state index in [1.165, 1.54) is 7.11 Å². The fourth-order valence-corrected chi connectivity index (χ4v) is 1.28. The quantitative estimate of drug-likeness (QED) is 0.522. The molecular weight excluding hydrogens is 163 g/mol. The SMILES string of the molecule is CCCCOP(C)(C)(O)OC. The Balaban J connectivity index is 3.72. The van der Waals surface area contributed by atoms with E-state index in [0.29, 0.717) is 6.61 Å². The molecule has 70 valence electrons. The van der Waals surface area contributed by atoms with E-state index in [0.717, 1.165) is 12.8 Å². The van der Waals surface area contributed by atoms with Crippen molar-refractivity contribution in [2.45, 2.75) is 19.8 Å². The van der Waals surface area contributed by atoms with Gasteiger partial charge in [0.1, 0.15) is 0 Å². The van der Waals surface area contributed by atoms with Gasteiger partial charge < -0.3 is 0 Å². The standard InChI is InChI=1S/C7H19O3P/c1-5-6-7-10-11(3,4,8)9-2/h8H,5-7H2,1-4H3. The van der Waals surface area contributed by atoms with Gasteiger partial charge in [0, 0.05) is 0 Å². The second-order valence-electron chi connectivity index (χ2n) is 3.18. The third-order valence-corrected chi connectivity index (χ3v) is 3.44. The van der Waals surface area contributed by atoms with Gasteiger partial charge in [-0.15, -0.1) is 0 Å². The molecule has 0 bridgehead atoms. The van der Waals surface area contributed by atoms with Gasteiger partial charge >= 0.3 is 68.0 Å². The predicted octanol–water partition coefficient (Wildman–Crippen LogP) is 2.00. The second-order valence-corrected chi connectivity index (χ2v) is 7.44. The van der Waals surface area contributed by atoms with Crippen molar-refractivity contribution in [1.29, 1.82) is 0 Å².